The van der Waals surface area contributed by atoms with E-state index < -0.39 is 14.9 Å². The molecule has 0 aliphatic heterocycles. The molecule has 0 saturated heterocycles. The smallest absolute Gasteiger partial charge is 0.270 e. The highest BCUT2D eigenvalue weighted by Gasteiger charge is 2.17. The molecule has 0 saturated carbocycles. The monoisotopic (exact) mass is 449 g/mol. The van der Waals surface area contributed by atoms with Gasteiger partial charge in [-0.3, -0.25) is 15.1 Å². The van der Waals surface area contributed by atoms with Gasteiger partial charge in [-0.2, -0.15) is 0 Å². The lowest BCUT2D eigenvalue weighted by Crippen LogP contribution is -2.42. The predicted molar refractivity (Wildman–Crippen MR) is 119 cm³/mol. The van der Waals surface area contributed by atoms with Gasteiger partial charge in [0, 0.05) is 45.9 Å². The van der Waals surface area contributed by atoms with Crippen LogP contribution in [0.25, 0.3) is 0 Å². The van der Waals surface area contributed by atoms with Gasteiger partial charge in [0.2, 0.25) is 10.0 Å². The van der Waals surface area contributed by atoms with Crippen molar-refractivity contribution in [3.63, 3.8) is 0 Å². The molecular formula is C20H27N5O5S. The Morgan fingerprint density at radius 1 is 1.19 bits per heavy atom. The Labute approximate surface area is 182 Å². The zero-order valence-corrected chi connectivity index (χ0v) is 18.6. The number of sulfonamides is 1. The van der Waals surface area contributed by atoms with E-state index in [-0.39, 0.29) is 23.7 Å². The molecule has 2 rings (SSSR count). The number of rotatable bonds is 10. The maximum atomic E-state index is 12.4. The van der Waals surface area contributed by atoms with Gasteiger partial charge in [0.1, 0.15) is 5.75 Å². The summed E-state index contributed by atoms with van der Waals surface area (Å²) in [6.45, 7) is 3.52. The predicted octanol–water partition coefficient (Wildman–Crippen LogP) is 1.98. The summed E-state index contributed by atoms with van der Waals surface area (Å²) in [4.78, 5) is 16.2. The molecule has 0 aliphatic carbocycles. The molecule has 0 aliphatic rings. The van der Waals surface area contributed by atoms with E-state index in [0.717, 1.165) is 17.4 Å². The lowest BCUT2D eigenvalue weighted by atomic mass is 10.2. The number of ether oxygens (including phenoxy) is 1. The molecule has 0 radical (unpaired) electrons. The van der Waals surface area contributed by atoms with Gasteiger partial charge in [-0.25, -0.2) is 13.1 Å². The van der Waals surface area contributed by atoms with Crippen molar-refractivity contribution in [2.45, 2.75) is 18.4 Å². The number of nitro groups is 1. The summed E-state index contributed by atoms with van der Waals surface area (Å²) in [5.74, 6) is 1.41. The van der Waals surface area contributed by atoms with Gasteiger partial charge >= 0.3 is 0 Å². The summed E-state index contributed by atoms with van der Waals surface area (Å²) in [6.07, 6.45) is 0. The SMILES string of the molecule is CCOc1ccc(CN(C)C(=NC)NCCNS(=O)(=O)c2cccc([N+](=O)[O-])c2)cc1. The van der Waals surface area contributed by atoms with Crippen LogP contribution in [0.2, 0.25) is 0 Å². The minimum absolute atomic E-state index is 0.0843. The number of nitro benzene ring substituents is 1. The van der Waals surface area contributed by atoms with Gasteiger partial charge in [0.25, 0.3) is 5.69 Å². The summed E-state index contributed by atoms with van der Waals surface area (Å²) in [5.41, 5.74) is 0.789. The van der Waals surface area contributed by atoms with Gasteiger partial charge in [0.05, 0.1) is 16.4 Å². The molecule has 11 heteroatoms. The quantitative estimate of drug-likeness (QED) is 0.187. The molecule has 0 unspecified atom stereocenters. The van der Waals surface area contributed by atoms with Crippen LogP contribution in [0, 0.1) is 10.1 Å². The van der Waals surface area contributed by atoms with Crippen LogP contribution in [0.3, 0.4) is 0 Å². The number of hydrogen-bond acceptors (Lipinski definition) is 6. The van der Waals surface area contributed by atoms with Crippen LogP contribution in [0.15, 0.2) is 58.4 Å². The van der Waals surface area contributed by atoms with Gasteiger partial charge in [-0.05, 0) is 30.7 Å². The van der Waals surface area contributed by atoms with Crippen LogP contribution < -0.4 is 14.8 Å². The molecule has 10 nitrogen and oxygen atoms in total. The molecule has 31 heavy (non-hydrogen) atoms. The summed E-state index contributed by atoms with van der Waals surface area (Å²) in [6, 6.07) is 12.7. The fraction of sp³-hybridized carbons (Fsp3) is 0.350. The summed E-state index contributed by atoms with van der Waals surface area (Å²) >= 11 is 0. The van der Waals surface area contributed by atoms with Crippen LogP contribution in [0.1, 0.15) is 12.5 Å². The molecule has 0 fully saturated rings. The normalized spacial score (nSPS) is 11.8. The second-order valence-corrected chi connectivity index (χ2v) is 8.33. The summed E-state index contributed by atoms with van der Waals surface area (Å²) in [5, 5.41) is 13.9. The third-order valence-corrected chi connectivity index (χ3v) is 5.73. The fourth-order valence-electron chi connectivity index (χ4n) is 2.80. The maximum absolute atomic E-state index is 12.4. The molecule has 0 spiro atoms. The first-order valence-electron chi connectivity index (χ1n) is 9.64. The highest BCUT2D eigenvalue weighted by Crippen LogP contribution is 2.17. The number of nitrogens with one attached hydrogen (secondary N) is 2. The summed E-state index contributed by atoms with van der Waals surface area (Å²) in [7, 11) is -0.341. The topological polar surface area (TPSA) is 126 Å². The molecule has 0 aromatic heterocycles. The average molecular weight is 450 g/mol. The van der Waals surface area contributed by atoms with E-state index in [1.54, 1.807) is 7.05 Å². The minimum atomic E-state index is -3.86. The fourth-order valence-corrected chi connectivity index (χ4v) is 3.87. The lowest BCUT2D eigenvalue weighted by Gasteiger charge is -2.22. The molecule has 0 bridgehead atoms. The van der Waals surface area contributed by atoms with E-state index in [1.807, 2.05) is 43.1 Å². The Bertz CT molecular complexity index is 1010. The van der Waals surface area contributed by atoms with E-state index >= 15 is 0 Å². The van der Waals surface area contributed by atoms with Crippen LogP contribution in [-0.2, 0) is 16.6 Å². The zero-order valence-electron chi connectivity index (χ0n) is 17.7. The highest BCUT2D eigenvalue weighted by molar-refractivity contribution is 7.89. The van der Waals surface area contributed by atoms with Crippen LogP contribution >= 0.6 is 0 Å². The number of non-ortho nitro benzene ring substituents is 1. The minimum Gasteiger partial charge on any atom is -0.494 e. The second kappa shape index (κ2) is 11.3. The van der Waals surface area contributed by atoms with Gasteiger partial charge in [-0.1, -0.05) is 18.2 Å². The molecule has 0 amide bonds. The van der Waals surface area contributed by atoms with Crippen molar-refractivity contribution in [3.8, 4) is 5.75 Å². The van der Waals surface area contributed by atoms with Gasteiger partial charge in [0.15, 0.2) is 5.96 Å². The summed E-state index contributed by atoms with van der Waals surface area (Å²) < 4.78 is 32.6. The van der Waals surface area contributed by atoms with E-state index in [0.29, 0.717) is 19.1 Å². The molecule has 2 aromatic rings. The van der Waals surface area contributed by atoms with Crippen LogP contribution in [0.4, 0.5) is 5.69 Å². The van der Waals surface area contributed by atoms with Gasteiger partial charge < -0.3 is 15.0 Å². The standard InChI is InChI=1S/C20H27N5O5S/c1-4-30-18-10-8-16(9-11-18)15-24(3)20(21-2)22-12-13-23-31(28,29)19-7-5-6-17(14-19)25(26)27/h5-11,14,23H,4,12-13,15H2,1-3H3,(H,21,22). The molecular weight excluding hydrogens is 422 g/mol. The molecule has 0 atom stereocenters. The Hall–Kier alpha value is -3.18. The van der Waals surface area contributed by atoms with E-state index in [4.69, 9.17) is 4.74 Å². The van der Waals surface area contributed by atoms with Crippen LogP contribution in [0.5, 0.6) is 5.75 Å². The Balaban J connectivity index is 1.86. The van der Waals surface area contributed by atoms with Crippen molar-refractivity contribution in [1.29, 1.82) is 0 Å². The van der Waals surface area contributed by atoms with Crippen molar-refractivity contribution in [2.24, 2.45) is 4.99 Å². The van der Waals surface area contributed by atoms with Crippen LogP contribution in [-0.4, -0.2) is 58.0 Å². The van der Waals surface area contributed by atoms with Crippen molar-refractivity contribution in [3.05, 3.63) is 64.2 Å². The van der Waals surface area contributed by atoms with Crippen molar-refractivity contribution in [2.75, 3.05) is 33.8 Å². The molecule has 2 aromatic carbocycles. The third-order valence-electron chi connectivity index (χ3n) is 4.27. The maximum Gasteiger partial charge on any atom is 0.270 e. The van der Waals surface area contributed by atoms with Crippen molar-refractivity contribution < 1.29 is 18.1 Å². The van der Waals surface area contributed by atoms with E-state index in [1.165, 1.54) is 18.2 Å². The second-order valence-electron chi connectivity index (χ2n) is 6.56. The molecule has 168 valence electrons. The Kier molecular flexibility index (Phi) is 8.76. The molecule has 2 N–H and O–H groups in total. The third kappa shape index (κ3) is 7.23. The number of guanidine groups is 1. The Morgan fingerprint density at radius 2 is 1.90 bits per heavy atom. The van der Waals surface area contributed by atoms with E-state index in [9.17, 15) is 18.5 Å². The zero-order chi connectivity index (χ0) is 22.9. The van der Waals surface area contributed by atoms with E-state index in [2.05, 4.69) is 15.0 Å². The first-order chi connectivity index (χ1) is 14.8. The lowest BCUT2D eigenvalue weighted by molar-refractivity contribution is -0.385. The average Bonchev–Trinajstić information content (AvgIpc) is 2.75. The number of aliphatic imine (C=N–C) groups is 1. The first-order valence-corrected chi connectivity index (χ1v) is 11.1. The number of nitrogens with zero attached hydrogens (tertiary/aromatic N) is 3. The largest absolute Gasteiger partial charge is 0.494 e. The first kappa shape index (κ1) is 24.1. The van der Waals surface area contributed by atoms with Gasteiger partial charge in [-0.15, -0.1) is 0 Å². The van der Waals surface area contributed by atoms with Crippen molar-refractivity contribution in [1.82, 2.24) is 14.9 Å². The number of hydrogen-bond donors (Lipinski definition) is 2. The highest BCUT2D eigenvalue weighted by atomic mass is 32.2. The number of benzene rings is 2. The molecule has 0 heterocycles. The van der Waals surface area contributed by atoms with Crippen molar-refractivity contribution >= 4 is 21.7 Å². The Morgan fingerprint density at radius 3 is 2.52 bits per heavy atom.